The van der Waals surface area contributed by atoms with E-state index in [1.54, 1.807) is 12.1 Å². The molecule has 3 aromatic rings. The molecule has 1 heterocycles. The Morgan fingerprint density at radius 3 is 2.59 bits per heavy atom. The maximum atomic E-state index is 12.4. The zero-order chi connectivity index (χ0) is 18.6. The summed E-state index contributed by atoms with van der Waals surface area (Å²) in [5.74, 6) is 1.53. The minimum Gasteiger partial charge on any atom is -0.348 e. The number of carbonyl (C=O) groups is 1. The van der Waals surface area contributed by atoms with Crippen LogP contribution in [-0.4, -0.2) is 16.0 Å². The van der Waals surface area contributed by atoms with Crippen LogP contribution in [0.15, 0.2) is 53.1 Å². The predicted octanol–water partition coefficient (Wildman–Crippen LogP) is 4.98. The average Bonchev–Trinajstić information content (AvgIpc) is 3.39. The van der Waals surface area contributed by atoms with Crippen LogP contribution < -0.4 is 5.32 Å². The molecule has 1 aromatic heterocycles. The number of carbonyl (C=O) groups excluding carboxylic acids is 1. The van der Waals surface area contributed by atoms with E-state index in [1.807, 2.05) is 36.4 Å². The Balaban J connectivity index is 1.41. The van der Waals surface area contributed by atoms with Gasteiger partial charge in [-0.15, -0.1) is 0 Å². The highest BCUT2D eigenvalue weighted by molar-refractivity contribution is 6.31. The van der Waals surface area contributed by atoms with Crippen molar-refractivity contribution in [3.05, 3.63) is 70.6 Å². The van der Waals surface area contributed by atoms with Crippen LogP contribution >= 0.6 is 11.6 Å². The molecule has 5 nitrogen and oxygen atoms in total. The van der Waals surface area contributed by atoms with Crippen molar-refractivity contribution in [2.24, 2.45) is 0 Å². The maximum Gasteiger partial charge on any atom is 0.251 e. The first kappa shape index (κ1) is 17.7. The van der Waals surface area contributed by atoms with E-state index in [9.17, 15) is 4.79 Å². The highest BCUT2D eigenvalue weighted by Crippen LogP contribution is 2.33. The van der Waals surface area contributed by atoms with Crippen molar-refractivity contribution in [2.45, 2.75) is 38.1 Å². The Morgan fingerprint density at radius 1 is 1.11 bits per heavy atom. The van der Waals surface area contributed by atoms with Gasteiger partial charge < -0.3 is 9.84 Å². The predicted molar refractivity (Wildman–Crippen MR) is 104 cm³/mol. The summed E-state index contributed by atoms with van der Waals surface area (Å²) in [6, 6.07) is 14.7. The molecule has 0 bridgehead atoms. The Bertz CT molecular complexity index is 931. The molecule has 1 amide bonds. The minimum atomic E-state index is -0.152. The number of nitrogens with one attached hydrogen (secondary N) is 1. The fourth-order valence-electron chi connectivity index (χ4n) is 3.38. The Morgan fingerprint density at radius 2 is 1.85 bits per heavy atom. The van der Waals surface area contributed by atoms with Gasteiger partial charge in [-0.05, 0) is 36.6 Å². The number of benzene rings is 2. The van der Waals surface area contributed by atoms with Crippen LogP contribution in [0, 0.1) is 0 Å². The summed E-state index contributed by atoms with van der Waals surface area (Å²) in [4.78, 5) is 16.9. The Kier molecular flexibility index (Phi) is 5.21. The highest BCUT2D eigenvalue weighted by atomic mass is 35.5. The van der Waals surface area contributed by atoms with Crippen molar-refractivity contribution in [1.82, 2.24) is 15.5 Å². The maximum absolute atomic E-state index is 12.4. The molecule has 1 aliphatic carbocycles. The normalized spacial score (nSPS) is 14.4. The van der Waals surface area contributed by atoms with E-state index in [4.69, 9.17) is 16.1 Å². The second-order valence-corrected chi connectivity index (χ2v) is 7.20. The van der Waals surface area contributed by atoms with E-state index in [0.29, 0.717) is 28.9 Å². The van der Waals surface area contributed by atoms with Crippen molar-refractivity contribution < 1.29 is 9.32 Å². The van der Waals surface area contributed by atoms with Gasteiger partial charge in [0.05, 0.1) is 0 Å². The molecule has 0 saturated heterocycles. The van der Waals surface area contributed by atoms with Crippen LogP contribution in [-0.2, 0) is 6.54 Å². The first-order chi connectivity index (χ1) is 13.2. The SMILES string of the molecule is O=C(NCc1ccccc1Cl)c1ccc(-c2noc(C3CCCC3)n2)cc1. The van der Waals surface area contributed by atoms with E-state index in [2.05, 4.69) is 15.5 Å². The zero-order valence-corrected chi connectivity index (χ0v) is 15.6. The van der Waals surface area contributed by atoms with Gasteiger partial charge in [-0.2, -0.15) is 4.98 Å². The Hall–Kier alpha value is -2.66. The molecule has 6 heteroatoms. The van der Waals surface area contributed by atoms with Gasteiger partial charge in [0.2, 0.25) is 11.7 Å². The van der Waals surface area contributed by atoms with Crippen molar-refractivity contribution >= 4 is 17.5 Å². The van der Waals surface area contributed by atoms with Crippen molar-refractivity contribution in [1.29, 1.82) is 0 Å². The second-order valence-electron chi connectivity index (χ2n) is 6.79. The molecule has 0 spiro atoms. The molecular formula is C21H20ClN3O2. The third kappa shape index (κ3) is 4.03. The highest BCUT2D eigenvalue weighted by Gasteiger charge is 2.23. The lowest BCUT2D eigenvalue weighted by Gasteiger charge is -2.07. The zero-order valence-electron chi connectivity index (χ0n) is 14.8. The molecular weight excluding hydrogens is 362 g/mol. The van der Waals surface area contributed by atoms with Crippen LogP contribution in [0.25, 0.3) is 11.4 Å². The fourth-order valence-corrected chi connectivity index (χ4v) is 3.58. The molecule has 1 aliphatic rings. The number of rotatable bonds is 5. The minimum absolute atomic E-state index is 0.152. The van der Waals surface area contributed by atoms with Gasteiger partial charge in [0.25, 0.3) is 5.91 Å². The first-order valence-corrected chi connectivity index (χ1v) is 9.54. The second kappa shape index (κ2) is 7.92. The first-order valence-electron chi connectivity index (χ1n) is 9.16. The summed E-state index contributed by atoms with van der Waals surface area (Å²) in [5, 5.41) is 7.62. The average molecular weight is 382 g/mol. The number of amides is 1. The molecule has 1 fully saturated rings. The molecule has 0 radical (unpaired) electrons. The standard InChI is InChI=1S/C21H20ClN3O2/c22-18-8-4-3-7-17(18)13-23-20(26)15-11-9-14(10-12-15)19-24-21(27-25-19)16-5-1-2-6-16/h3-4,7-12,16H,1-2,5-6,13H2,(H,23,26). The van der Waals surface area contributed by atoms with Gasteiger partial charge >= 0.3 is 0 Å². The third-order valence-electron chi connectivity index (χ3n) is 4.95. The number of hydrogen-bond donors (Lipinski definition) is 1. The molecule has 27 heavy (non-hydrogen) atoms. The number of hydrogen-bond acceptors (Lipinski definition) is 4. The van der Waals surface area contributed by atoms with Gasteiger partial charge in [-0.3, -0.25) is 4.79 Å². The van der Waals surface area contributed by atoms with Crippen LogP contribution in [0.1, 0.15) is 53.4 Å². The molecule has 2 aromatic carbocycles. The summed E-state index contributed by atoms with van der Waals surface area (Å²) in [6.07, 6.45) is 4.68. The fraction of sp³-hybridized carbons (Fsp3) is 0.286. The van der Waals surface area contributed by atoms with E-state index in [0.717, 1.165) is 29.9 Å². The Labute approximate surface area is 162 Å². The number of aromatic nitrogens is 2. The van der Waals surface area contributed by atoms with E-state index < -0.39 is 0 Å². The van der Waals surface area contributed by atoms with Crippen LogP contribution in [0.2, 0.25) is 5.02 Å². The molecule has 4 rings (SSSR count). The van der Waals surface area contributed by atoms with Gasteiger partial charge in [0.15, 0.2) is 0 Å². The molecule has 1 N–H and O–H groups in total. The molecule has 1 saturated carbocycles. The summed E-state index contributed by atoms with van der Waals surface area (Å²) < 4.78 is 5.43. The van der Waals surface area contributed by atoms with Crippen LogP contribution in [0.3, 0.4) is 0 Å². The summed E-state index contributed by atoms with van der Waals surface area (Å²) >= 11 is 6.12. The third-order valence-corrected chi connectivity index (χ3v) is 5.32. The molecule has 138 valence electrons. The molecule has 0 aliphatic heterocycles. The smallest absolute Gasteiger partial charge is 0.251 e. The molecule has 0 atom stereocenters. The number of nitrogens with zero attached hydrogens (tertiary/aromatic N) is 2. The summed E-state index contributed by atoms with van der Waals surface area (Å²) in [5.41, 5.74) is 2.30. The molecule has 0 unspecified atom stereocenters. The monoisotopic (exact) mass is 381 g/mol. The van der Waals surface area contributed by atoms with E-state index in [1.165, 1.54) is 12.8 Å². The summed E-state index contributed by atoms with van der Waals surface area (Å²) in [7, 11) is 0. The topological polar surface area (TPSA) is 68.0 Å². The van der Waals surface area contributed by atoms with Crippen LogP contribution in [0.5, 0.6) is 0 Å². The van der Waals surface area contributed by atoms with Gasteiger partial charge in [0.1, 0.15) is 0 Å². The lowest BCUT2D eigenvalue weighted by atomic mass is 10.1. The van der Waals surface area contributed by atoms with Crippen molar-refractivity contribution in [3.63, 3.8) is 0 Å². The van der Waals surface area contributed by atoms with Crippen LogP contribution in [0.4, 0.5) is 0 Å². The van der Waals surface area contributed by atoms with Crippen molar-refractivity contribution in [3.8, 4) is 11.4 Å². The summed E-state index contributed by atoms with van der Waals surface area (Å²) in [6.45, 7) is 0.385. The largest absolute Gasteiger partial charge is 0.348 e. The van der Waals surface area contributed by atoms with Gasteiger partial charge in [-0.1, -0.05) is 59.9 Å². The van der Waals surface area contributed by atoms with Gasteiger partial charge in [0, 0.05) is 28.6 Å². The lowest BCUT2D eigenvalue weighted by Crippen LogP contribution is -2.22. The van der Waals surface area contributed by atoms with Crippen molar-refractivity contribution in [2.75, 3.05) is 0 Å². The van der Waals surface area contributed by atoms with E-state index >= 15 is 0 Å². The lowest BCUT2D eigenvalue weighted by molar-refractivity contribution is 0.0951. The quantitative estimate of drug-likeness (QED) is 0.676. The van der Waals surface area contributed by atoms with E-state index in [-0.39, 0.29) is 5.91 Å². The van der Waals surface area contributed by atoms with Gasteiger partial charge in [-0.25, -0.2) is 0 Å². The number of halogens is 1.